The van der Waals surface area contributed by atoms with E-state index in [0.29, 0.717) is 0 Å². The molecule has 0 unspecified atom stereocenters. The zero-order chi connectivity index (χ0) is 9.56. The first-order valence-corrected chi connectivity index (χ1v) is 3.50. The molecule has 0 saturated heterocycles. The van der Waals surface area contributed by atoms with Crippen LogP contribution in [0.1, 0.15) is 21.3 Å². The molecule has 0 aromatic rings. The Labute approximate surface area is 78.9 Å². The molecule has 0 atom stereocenters. The topological polar surface area (TPSA) is 64.6 Å². The lowest BCUT2D eigenvalue weighted by atomic mass is 9.90. The monoisotopic (exact) mass is 189 g/mol. The van der Waals surface area contributed by atoms with E-state index in [0.717, 1.165) is 0 Å². The normalized spacial score (nSPS) is 8.23. The van der Waals surface area contributed by atoms with Crippen LogP contribution >= 0.6 is 0 Å². The molecular weight excluding hydrogens is 173 g/mol. The van der Waals surface area contributed by atoms with Crippen LogP contribution in [0.3, 0.4) is 0 Å². The van der Waals surface area contributed by atoms with Gasteiger partial charge in [-0.3, -0.25) is 9.59 Å². The molecule has 5 nitrogen and oxygen atoms in total. The standard InChI is InChI=1S/C6H12BNO4.CH4/c1-5(9)8-4-7(11-3)12-6(2)10;/h4H2,1-3H3,(H,8,9);1H4. The fraction of sp³-hybridized carbons (Fsp3) is 0.714. The second kappa shape index (κ2) is 7.61. The number of carbonyl (C=O) groups excluding carboxylic acids is 2. The Morgan fingerprint density at radius 2 is 1.92 bits per heavy atom. The molecule has 0 aliphatic heterocycles. The molecule has 76 valence electrons. The highest BCUT2D eigenvalue weighted by molar-refractivity contribution is 6.47. The van der Waals surface area contributed by atoms with E-state index in [4.69, 9.17) is 4.65 Å². The van der Waals surface area contributed by atoms with E-state index in [2.05, 4.69) is 9.97 Å². The van der Waals surface area contributed by atoms with Crippen molar-refractivity contribution in [2.75, 3.05) is 13.6 Å². The van der Waals surface area contributed by atoms with Gasteiger partial charge in [-0.05, 0) is 0 Å². The third kappa shape index (κ3) is 8.87. The molecule has 0 aromatic carbocycles. The summed E-state index contributed by atoms with van der Waals surface area (Å²) in [4.78, 5) is 20.9. The van der Waals surface area contributed by atoms with Crippen molar-refractivity contribution in [2.45, 2.75) is 21.3 Å². The van der Waals surface area contributed by atoms with Crippen LogP contribution in [0.2, 0.25) is 0 Å². The molecular formula is C7H16BNO4. The van der Waals surface area contributed by atoms with Gasteiger partial charge in [0.1, 0.15) is 0 Å². The summed E-state index contributed by atoms with van der Waals surface area (Å²) >= 11 is 0. The van der Waals surface area contributed by atoms with Gasteiger partial charge in [0, 0.05) is 21.0 Å². The van der Waals surface area contributed by atoms with Crippen LogP contribution in [0.5, 0.6) is 0 Å². The molecule has 0 heterocycles. The van der Waals surface area contributed by atoms with Gasteiger partial charge in [-0.15, -0.1) is 0 Å². The van der Waals surface area contributed by atoms with Crippen molar-refractivity contribution in [3.63, 3.8) is 0 Å². The zero-order valence-corrected chi connectivity index (χ0v) is 7.42. The van der Waals surface area contributed by atoms with Gasteiger partial charge in [0.25, 0.3) is 5.97 Å². The Bertz CT molecular complexity index is 174. The SMILES string of the molecule is C.COB(CNC(C)=O)OC(C)=O. The van der Waals surface area contributed by atoms with Crippen LogP contribution in [-0.4, -0.2) is 32.5 Å². The fourth-order valence-corrected chi connectivity index (χ4v) is 0.585. The Kier molecular flexibility index (Phi) is 8.48. The minimum atomic E-state index is -0.702. The van der Waals surface area contributed by atoms with Crippen LogP contribution < -0.4 is 5.32 Å². The first kappa shape index (κ1) is 14.5. The number of amides is 1. The molecule has 0 aromatic heterocycles. The molecule has 1 amide bonds. The third-order valence-corrected chi connectivity index (χ3v) is 1.08. The molecule has 1 N–H and O–H groups in total. The van der Waals surface area contributed by atoms with Crippen LogP contribution in [-0.2, 0) is 18.9 Å². The van der Waals surface area contributed by atoms with E-state index in [1.807, 2.05) is 0 Å². The summed E-state index contributed by atoms with van der Waals surface area (Å²) in [5, 5.41) is 2.46. The van der Waals surface area contributed by atoms with Crippen molar-refractivity contribution >= 4 is 19.0 Å². The molecule has 0 spiro atoms. The number of rotatable bonds is 4. The lowest BCUT2D eigenvalue weighted by Crippen LogP contribution is -2.38. The Balaban J connectivity index is 0. The zero-order valence-electron chi connectivity index (χ0n) is 7.42. The molecule has 0 bridgehead atoms. The Hall–Kier alpha value is -1.04. The maximum absolute atomic E-state index is 10.4. The van der Waals surface area contributed by atoms with Gasteiger partial charge in [-0.2, -0.15) is 0 Å². The fourth-order valence-electron chi connectivity index (χ4n) is 0.585. The number of hydrogen-bond donors (Lipinski definition) is 1. The van der Waals surface area contributed by atoms with Crippen LogP contribution in [0.25, 0.3) is 0 Å². The van der Waals surface area contributed by atoms with Crippen molar-refractivity contribution in [1.29, 1.82) is 0 Å². The van der Waals surface area contributed by atoms with Gasteiger partial charge in [-0.25, -0.2) is 0 Å². The van der Waals surface area contributed by atoms with Crippen molar-refractivity contribution in [3.05, 3.63) is 0 Å². The Morgan fingerprint density at radius 3 is 2.23 bits per heavy atom. The van der Waals surface area contributed by atoms with Crippen LogP contribution in [0, 0.1) is 0 Å². The highest BCUT2D eigenvalue weighted by atomic mass is 16.6. The van der Waals surface area contributed by atoms with Gasteiger partial charge in [0.2, 0.25) is 5.91 Å². The second-order valence-corrected chi connectivity index (χ2v) is 2.21. The molecule has 0 rings (SSSR count). The highest BCUT2D eigenvalue weighted by Crippen LogP contribution is 1.86. The summed E-state index contributed by atoms with van der Waals surface area (Å²) < 4.78 is 9.43. The number of hydrogen-bond acceptors (Lipinski definition) is 4. The first-order chi connectivity index (χ1) is 5.56. The minimum Gasteiger partial charge on any atom is -0.509 e. The van der Waals surface area contributed by atoms with E-state index in [-0.39, 0.29) is 19.8 Å². The quantitative estimate of drug-likeness (QED) is 0.632. The molecule has 6 heteroatoms. The summed E-state index contributed by atoms with van der Waals surface area (Å²) in [5.41, 5.74) is 0. The molecule has 0 aliphatic carbocycles. The van der Waals surface area contributed by atoms with Crippen LogP contribution in [0.4, 0.5) is 0 Å². The van der Waals surface area contributed by atoms with Crippen molar-refractivity contribution in [2.24, 2.45) is 0 Å². The summed E-state index contributed by atoms with van der Waals surface area (Å²) in [6.07, 6.45) is 0.172. The molecule has 13 heavy (non-hydrogen) atoms. The van der Waals surface area contributed by atoms with Gasteiger partial charge >= 0.3 is 7.12 Å². The average molecular weight is 189 g/mol. The molecule has 0 radical (unpaired) electrons. The van der Waals surface area contributed by atoms with E-state index in [1.165, 1.54) is 21.0 Å². The largest absolute Gasteiger partial charge is 0.547 e. The maximum Gasteiger partial charge on any atom is 0.547 e. The number of carbonyl (C=O) groups is 2. The molecule has 0 fully saturated rings. The van der Waals surface area contributed by atoms with Gasteiger partial charge < -0.3 is 14.6 Å². The molecule has 0 saturated carbocycles. The Morgan fingerprint density at radius 1 is 1.38 bits per heavy atom. The average Bonchev–Trinajstić information content (AvgIpc) is 1.97. The number of nitrogens with one attached hydrogen (secondary N) is 1. The highest BCUT2D eigenvalue weighted by Gasteiger charge is 2.19. The smallest absolute Gasteiger partial charge is 0.509 e. The lowest BCUT2D eigenvalue weighted by Gasteiger charge is -2.09. The minimum absolute atomic E-state index is 0. The summed E-state index contributed by atoms with van der Waals surface area (Å²) in [6.45, 7) is 2.65. The van der Waals surface area contributed by atoms with E-state index in [9.17, 15) is 9.59 Å². The van der Waals surface area contributed by atoms with Gasteiger partial charge in [0.05, 0.1) is 6.44 Å². The molecule has 0 aliphatic rings. The summed E-state index contributed by atoms with van der Waals surface area (Å²) in [7, 11) is 0.696. The van der Waals surface area contributed by atoms with E-state index < -0.39 is 13.1 Å². The third-order valence-electron chi connectivity index (χ3n) is 1.08. The predicted molar refractivity (Wildman–Crippen MR) is 49.9 cm³/mol. The van der Waals surface area contributed by atoms with E-state index in [1.54, 1.807) is 0 Å². The van der Waals surface area contributed by atoms with Gasteiger partial charge in [-0.1, -0.05) is 7.43 Å². The summed E-state index contributed by atoms with van der Waals surface area (Å²) in [6, 6.07) is 0. The lowest BCUT2D eigenvalue weighted by molar-refractivity contribution is -0.133. The summed E-state index contributed by atoms with van der Waals surface area (Å²) in [5.74, 6) is -0.628. The maximum atomic E-state index is 10.4. The van der Waals surface area contributed by atoms with Crippen molar-refractivity contribution in [1.82, 2.24) is 5.32 Å². The van der Waals surface area contributed by atoms with Crippen molar-refractivity contribution in [3.8, 4) is 0 Å². The van der Waals surface area contributed by atoms with Crippen molar-refractivity contribution < 1.29 is 18.9 Å². The predicted octanol–water partition coefficient (Wildman–Crippen LogP) is -0.00450. The second-order valence-electron chi connectivity index (χ2n) is 2.21. The first-order valence-electron chi connectivity index (χ1n) is 3.50. The van der Waals surface area contributed by atoms with Gasteiger partial charge in [0.15, 0.2) is 0 Å². The van der Waals surface area contributed by atoms with E-state index >= 15 is 0 Å². The van der Waals surface area contributed by atoms with Crippen LogP contribution in [0.15, 0.2) is 0 Å².